The average Bonchev–Trinajstić information content (AvgIpc) is 2.65. The fourth-order valence-corrected chi connectivity index (χ4v) is 3.16. The van der Waals surface area contributed by atoms with Gasteiger partial charge in [0, 0.05) is 30.2 Å². The minimum atomic E-state index is -1.15. The van der Waals surface area contributed by atoms with Crippen molar-refractivity contribution in [3.63, 3.8) is 0 Å². The highest BCUT2D eigenvalue weighted by Gasteiger charge is 2.22. The van der Waals surface area contributed by atoms with Gasteiger partial charge in [0.1, 0.15) is 0 Å². The summed E-state index contributed by atoms with van der Waals surface area (Å²) in [6.45, 7) is 0.632. The Morgan fingerprint density at radius 1 is 1.08 bits per heavy atom. The van der Waals surface area contributed by atoms with Crippen LogP contribution in [0.5, 0.6) is 0 Å². The maximum atomic E-state index is 12.6. The van der Waals surface area contributed by atoms with Crippen molar-refractivity contribution in [2.24, 2.45) is 0 Å². The minimum Gasteiger partial charge on any atom is -0.478 e. The first kappa shape index (κ1) is 17.6. The predicted molar refractivity (Wildman–Crippen MR) is 98.0 cm³/mol. The standard InChI is InChI=1S/C20H17NO5/c1-26-10-9-21-19(23)15-8-4-7-14-16(11-22)12-5-2-3-6-13(12)18(17(14)15)20(24)25/h2-8,11H,9-10H2,1H3,(H,21,23)(H,24,25). The molecule has 1 amide bonds. The number of nitrogens with one attached hydrogen (secondary N) is 1. The lowest BCUT2D eigenvalue weighted by atomic mass is 9.89. The molecule has 0 heterocycles. The largest absolute Gasteiger partial charge is 0.478 e. The number of hydrogen-bond donors (Lipinski definition) is 2. The van der Waals surface area contributed by atoms with Gasteiger partial charge in [-0.3, -0.25) is 9.59 Å². The molecule has 0 aliphatic heterocycles. The van der Waals surface area contributed by atoms with E-state index in [9.17, 15) is 19.5 Å². The lowest BCUT2D eigenvalue weighted by molar-refractivity contribution is 0.0701. The highest BCUT2D eigenvalue weighted by atomic mass is 16.5. The van der Waals surface area contributed by atoms with Gasteiger partial charge in [-0.15, -0.1) is 0 Å². The Hall–Kier alpha value is -3.25. The second-order valence-electron chi connectivity index (χ2n) is 5.73. The molecule has 0 saturated heterocycles. The van der Waals surface area contributed by atoms with E-state index in [0.29, 0.717) is 41.2 Å². The van der Waals surface area contributed by atoms with Crippen molar-refractivity contribution in [3.8, 4) is 0 Å². The maximum absolute atomic E-state index is 12.6. The highest BCUT2D eigenvalue weighted by Crippen LogP contribution is 2.34. The van der Waals surface area contributed by atoms with Crippen LogP contribution in [-0.2, 0) is 4.74 Å². The summed E-state index contributed by atoms with van der Waals surface area (Å²) in [6, 6.07) is 11.6. The molecule has 0 saturated carbocycles. The fraction of sp³-hybridized carbons (Fsp3) is 0.150. The van der Waals surface area contributed by atoms with Crippen LogP contribution in [-0.4, -0.2) is 43.5 Å². The van der Waals surface area contributed by atoms with Crippen LogP contribution < -0.4 is 5.32 Å². The molecule has 3 rings (SSSR count). The third-order valence-corrected chi connectivity index (χ3v) is 4.26. The number of aromatic carboxylic acids is 1. The smallest absolute Gasteiger partial charge is 0.336 e. The van der Waals surface area contributed by atoms with E-state index in [1.165, 1.54) is 7.11 Å². The van der Waals surface area contributed by atoms with Gasteiger partial charge in [-0.1, -0.05) is 36.4 Å². The zero-order valence-electron chi connectivity index (χ0n) is 14.1. The van der Waals surface area contributed by atoms with Gasteiger partial charge in [-0.25, -0.2) is 4.79 Å². The number of aldehydes is 1. The van der Waals surface area contributed by atoms with Gasteiger partial charge in [-0.05, 0) is 22.2 Å². The molecule has 3 aromatic carbocycles. The maximum Gasteiger partial charge on any atom is 0.336 e. The lowest BCUT2D eigenvalue weighted by Gasteiger charge is -2.15. The molecule has 0 bridgehead atoms. The van der Waals surface area contributed by atoms with E-state index in [4.69, 9.17) is 4.74 Å². The second kappa shape index (κ2) is 7.33. The molecule has 0 fully saturated rings. The molecule has 2 N–H and O–H groups in total. The molecule has 0 radical (unpaired) electrons. The Morgan fingerprint density at radius 3 is 2.42 bits per heavy atom. The van der Waals surface area contributed by atoms with Gasteiger partial charge in [0.15, 0.2) is 6.29 Å². The van der Waals surface area contributed by atoms with E-state index < -0.39 is 11.9 Å². The molecule has 26 heavy (non-hydrogen) atoms. The number of ether oxygens (including phenoxy) is 1. The number of benzene rings is 3. The monoisotopic (exact) mass is 351 g/mol. The predicted octanol–water partition coefficient (Wildman–Crippen LogP) is 2.88. The third-order valence-electron chi connectivity index (χ3n) is 4.26. The summed E-state index contributed by atoms with van der Waals surface area (Å²) in [5.74, 6) is -1.57. The van der Waals surface area contributed by atoms with Crippen molar-refractivity contribution in [1.82, 2.24) is 5.32 Å². The van der Waals surface area contributed by atoms with Crippen molar-refractivity contribution in [3.05, 3.63) is 59.2 Å². The highest BCUT2D eigenvalue weighted by molar-refractivity contribution is 6.26. The summed E-state index contributed by atoms with van der Waals surface area (Å²) in [7, 11) is 1.52. The molecule has 132 valence electrons. The van der Waals surface area contributed by atoms with E-state index >= 15 is 0 Å². The van der Waals surface area contributed by atoms with Crippen LogP contribution in [0.2, 0.25) is 0 Å². The fourth-order valence-electron chi connectivity index (χ4n) is 3.16. The number of carboxylic acids is 1. The van der Waals surface area contributed by atoms with Crippen LogP contribution in [0.3, 0.4) is 0 Å². The normalized spacial score (nSPS) is 10.8. The topological polar surface area (TPSA) is 92.7 Å². The van der Waals surface area contributed by atoms with Crippen molar-refractivity contribution in [1.29, 1.82) is 0 Å². The Labute approximate surface area is 149 Å². The molecule has 0 aromatic heterocycles. The lowest BCUT2D eigenvalue weighted by Crippen LogP contribution is -2.27. The molecule has 3 aromatic rings. The van der Waals surface area contributed by atoms with Gasteiger partial charge < -0.3 is 15.2 Å². The Kier molecular flexibility index (Phi) is 4.95. The number of amides is 1. The number of methoxy groups -OCH3 is 1. The first-order valence-corrected chi connectivity index (χ1v) is 8.03. The number of hydrogen-bond acceptors (Lipinski definition) is 4. The van der Waals surface area contributed by atoms with Crippen LogP contribution in [0.1, 0.15) is 31.1 Å². The average molecular weight is 351 g/mol. The first-order valence-electron chi connectivity index (χ1n) is 8.03. The minimum absolute atomic E-state index is 0.0127. The Morgan fingerprint density at radius 2 is 1.77 bits per heavy atom. The summed E-state index contributed by atoms with van der Waals surface area (Å²) in [4.78, 5) is 36.4. The Balaban J connectivity index is 2.38. The number of carbonyl (C=O) groups excluding carboxylic acids is 2. The van der Waals surface area contributed by atoms with Gasteiger partial charge >= 0.3 is 5.97 Å². The Bertz CT molecular complexity index is 1030. The number of rotatable bonds is 6. The summed E-state index contributed by atoms with van der Waals surface area (Å²) in [5.41, 5.74) is 0.593. The van der Waals surface area contributed by atoms with Crippen LogP contribution >= 0.6 is 0 Å². The second-order valence-corrected chi connectivity index (χ2v) is 5.73. The number of carbonyl (C=O) groups is 3. The molecule has 0 spiro atoms. The molecule has 6 heteroatoms. The number of fused-ring (bicyclic) bond motifs is 2. The van der Waals surface area contributed by atoms with Gasteiger partial charge in [0.25, 0.3) is 5.91 Å². The van der Waals surface area contributed by atoms with Crippen molar-refractivity contribution >= 4 is 39.7 Å². The molecular formula is C20H17NO5. The molecule has 0 atom stereocenters. The van der Waals surface area contributed by atoms with E-state index in [2.05, 4.69) is 5.32 Å². The van der Waals surface area contributed by atoms with Crippen molar-refractivity contribution in [2.45, 2.75) is 0 Å². The van der Waals surface area contributed by atoms with Crippen LogP contribution in [0.15, 0.2) is 42.5 Å². The summed E-state index contributed by atoms with van der Waals surface area (Å²) < 4.78 is 4.92. The van der Waals surface area contributed by atoms with E-state index in [1.54, 1.807) is 42.5 Å². The van der Waals surface area contributed by atoms with Crippen LogP contribution in [0, 0.1) is 0 Å². The molecule has 0 aliphatic carbocycles. The van der Waals surface area contributed by atoms with E-state index in [-0.39, 0.29) is 16.5 Å². The van der Waals surface area contributed by atoms with Gasteiger partial charge in [0.05, 0.1) is 12.2 Å². The molecular weight excluding hydrogens is 334 g/mol. The van der Waals surface area contributed by atoms with Gasteiger partial charge in [-0.2, -0.15) is 0 Å². The summed E-state index contributed by atoms with van der Waals surface area (Å²) in [5, 5.41) is 14.2. The van der Waals surface area contributed by atoms with Crippen LogP contribution in [0.4, 0.5) is 0 Å². The quantitative estimate of drug-likeness (QED) is 0.405. The first-order chi connectivity index (χ1) is 12.6. The van der Waals surface area contributed by atoms with Crippen molar-refractivity contribution in [2.75, 3.05) is 20.3 Å². The molecule has 0 aliphatic rings. The summed E-state index contributed by atoms with van der Waals surface area (Å²) >= 11 is 0. The van der Waals surface area contributed by atoms with E-state index in [1.807, 2.05) is 0 Å². The number of carboxylic acid groups (broad SMARTS) is 1. The SMILES string of the molecule is COCCNC(=O)c1cccc2c(C=O)c3ccccc3c(C(=O)O)c12. The van der Waals surface area contributed by atoms with E-state index in [0.717, 1.165) is 0 Å². The zero-order chi connectivity index (χ0) is 18.7. The molecule has 6 nitrogen and oxygen atoms in total. The zero-order valence-corrected chi connectivity index (χ0v) is 14.1. The van der Waals surface area contributed by atoms with Gasteiger partial charge in [0.2, 0.25) is 0 Å². The molecule has 0 unspecified atom stereocenters. The van der Waals surface area contributed by atoms with Crippen molar-refractivity contribution < 1.29 is 24.2 Å². The third kappa shape index (κ3) is 2.91. The summed E-state index contributed by atoms with van der Waals surface area (Å²) in [6.07, 6.45) is 0.697. The van der Waals surface area contributed by atoms with Crippen LogP contribution in [0.25, 0.3) is 21.5 Å².